The Bertz CT molecular complexity index is 1130. The van der Waals surface area contributed by atoms with Crippen LogP contribution in [-0.4, -0.2) is 15.5 Å². The molecule has 0 fully saturated rings. The minimum absolute atomic E-state index is 0.139. The summed E-state index contributed by atoms with van der Waals surface area (Å²) >= 11 is 0. The van der Waals surface area contributed by atoms with E-state index in [-0.39, 0.29) is 6.04 Å². The van der Waals surface area contributed by atoms with E-state index in [2.05, 4.69) is 90.5 Å². The minimum Gasteiger partial charge on any atom is -0.239 e. The van der Waals surface area contributed by atoms with E-state index in [1.807, 2.05) is 12.1 Å². The third kappa shape index (κ3) is 2.85. The van der Waals surface area contributed by atoms with E-state index in [4.69, 9.17) is 10.1 Å². The summed E-state index contributed by atoms with van der Waals surface area (Å²) in [4.78, 5) is 5.11. The van der Waals surface area contributed by atoms with E-state index in [0.29, 0.717) is 0 Å². The number of aromatic nitrogens is 2. The molecule has 0 spiro atoms. The minimum atomic E-state index is 0.139. The van der Waals surface area contributed by atoms with Crippen molar-refractivity contribution in [2.45, 2.75) is 19.4 Å². The first-order valence-corrected chi connectivity index (χ1v) is 9.64. The van der Waals surface area contributed by atoms with E-state index >= 15 is 0 Å². The summed E-state index contributed by atoms with van der Waals surface area (Å²) in [5, 5.41) is 4.92. The maximum Gasteiger partial charge on any atom is 0.159 e. The molecule has 0 bridgehead atoms. The Balaban J connectivity index is 1.73. The quantitative estimate of drug-likeness (QED) is 0.441. The van der Waals surface area contributed by atoms with Crippen LogP contribution in [0.3, 0.4) is 0 Å². The molecule has 1 aliphatic heterocycles. The largest absolute Gasteiger partial charge is 0.239 e. The van der Waals surface area contributed by atoms with Crippen molar-refractivity contribution in [3.63, 3.8) is 0 Å². The molecule has 0 unspecified atom stereocenters. The molecule has 4 aromatic rings. The fourth-order valence-electron chi connectivity index (χ4n) is 3.99. The second-order valence-electron chi connectivity index (χ2n) is 7.15. The molecule has 0 aliphatic carbocycles. The van der Waals surface area contributed by atoms with Gasteiger partial charge >= 0.3 is 0 Å². The van der Waals surface area contributed by atoms with Crippen LogP contribution in [0.4, 0.5) is 5.82 Å². The topological polar surface area (TPSA) is 30.2 Å². The lowest BCUT2D eigenvalue weighted by atomic mass is 9.95. The summed E-state index contributed by atoms with van der Waals surface area (Å²) in [6, 6.07) is 31.7. The molecule has 0 saturated heterocycles. The summed E-state index contributed by atoms with van der Waals surface area (Å²) in [5.74, 6) is 0.947. The van der Waals surface area contributed by atoms with Gasteiger partial charge in [-0.1, -0.05) is 91.0 Å². The third-order valence-electron chi connectivity index (χ3n) is 5.34. The summed E-state index contributed by atoms with van der Waals surface area (Å²) in [6.07, 6.45) is 0.830. The van der Waals surface area contributed by atoms with Gasteiger partial charge in [0.1, 0.15) is 0 Å². The number of aryl methyl sites for hydroxylation is 1. The fourth-order valence-corrected chi connectivity index (χ4v) is 3.99. The zero-order valence-corrected chi connectivity index (χ0v) is 15.8. The lowest BCUT2D eigenvalue weighted by Gasteiger charge is -2.25. The summed E-state index contributed by atoms with van der Waals surface area (Å²) in [7, 11) is 0. The molecule has 0 amide bonds. The second kappa shape index (κ2) is 6.93. The Kier molecular flexibility index (Phi) is 4.13. The molecular weight excluding hydrogens is 342 g/mol. The van der Waals surface area contributed by atoms with E-state index < -0.39 is 0 Å². The summed E-state index contributed by atoms with van der Waals surface area (Å²) < 4.78 is 2.11. The molecule has 3 aromatic carbocycles. The highest BCUT2D eigenvalue weighted by Crippen LogP contribution is 2.41. The Morgan fingerprint density at radius 2 is 1.32 bits per heavy atom. The van der Waals surface area contributed by atoms with Gasteiger partial charge in [-0.05, 0) is 23.6 Å². The van der Waals surface area contributed by atoms with E-state index in [1.54, 1.807) is 0 Å². The number of aliphatic imine (C=N–C) groups is 1. The lowest BCUT2D eigenvalue weighted by molar-refractivity contribution is 0.529. The smallest absolute Gasteiger partial charge is 0.159 e. The van der Waals surface area contributed by atoms with Crippen LogP contribution in [-0.2, 0) is 0 Å². The van der Waals surface area contributed by atoms with Crippen molar-refractivity contribution < 1.29 is 0 Å². The van der Waals surface area contributed by atoms with Crippen molar-refractivity contribution in [1.29, 1.82) is 0 Å². The monoisotopic (exact) mass is 363 g/mol. The zero-order chi connectivity index (χ0) is 18.9. The average molecular weight is 363 g/mol. The van der Waals surface area contributed by atoms with Gasteiger partial charge in [-0.3, -0.25) is 0 Å². The van der Waals surface area contributed by atoms with Crippen LogP contribution < -0.4 is 0 Å². The summed E-state index contributed by atoms with van der Waals surface area (Å²) in [5.41, 5.74) is 6.83. The van der Waals surface area contributed by atoms with E-state index in [1.165, 1.54) is 11.1 Å². The van der Waals surface area contributed by atoms with Crippen LogP contribution in [0.15, 0.2) is 96.0 Å². The fraction of sp³-hybridized carbons (Fsp3) is 0.120. The van der Waals surface area contributed by atoms with Gasteiger partial charge in [-0.2, -0.15) is 5.10 Å². The molecular formula is C25H21N3. The van der Waals surface area contributed by atoms with Crippen molar-refractivity contribution in [2.24, 2.45) is 4.99 Å². The van der Waals surface area contributed by atoms with Crippen molar-refractivity contribution in [3.8, 4) is 11.1 Å². The van der Waals surface area contributed by atoms with E-state index in [9.17, 15) is 0 Å². The van der Waals surface area contributed by atoms with Gasteiger partial charge in [0, 0.05) is 12.0 Å². The molecule has 0 radical (unpaired) electrons. The Morgan fingerprint density at radius 1 is 0.750 bits per heavy atom. The molecule has 3 heteroatoms. The normalized spacial score (nSPS) is 15.8. The van der Waals surface area contributed by atoms with Crippen LogP contribution in [0.25, 0.3) is 11.1 Å². The lowest BCUT2D eigenvalue weighted by Crippen LogP contribution is -2.21. The Hall–Kier alpha value is -3.46. The van der Waals surface area contributed by atoms with Crippen LogP contribution in [0.5, 0.6) is 0 Å². The molecule has 2 heterocycles. The van der Waals surface area contributed by atoms with Crippen molar-refractivity contribution >= 4 is 11.5 Å². The van der Waals surface area contributed by atoms with Gasteiger partial charge < -0.3 is 0 Å². The van der Waals surface area contributed by atoms with Crippen LogP contribution >= 0.6 is 0 Å². The number of nitrogens with zero attached hydrogens (tertiary/aromatic N) is 3. The molecule has 3 nitrogen and oxygen atoms in total. The predicted molar refractivity (Wildman–Crippen MR) is 114 cm³/mol. The highest BCUT2D eigenvalue weighted by molar-refractivity contribution is 6.04. The van der Waals surface area contributed by atoms with Crippen LogP contribution in [0.1, 0.15) is 29.3 Å². The summed E-state index contributed by atoms with van der Waals surface area (Å²) in [6.45, 7) is 2.08. The van der Waals surface area contributed by atoms with Crippen LogP contribution in [0.2, 0.25) is 0 Å². The average Bonchev–Trinajstić information content (AvgIpc) is 3.10. The number of fused-ring (bicyclic) bond motifs is 1. The molecule has 1 aliphatic rings. The molecule has 1 aromatic heterocycles. The van der Waals surface area contributed by atoms with Crippen LogP contribution in [0, 0.1) is 6.92 Å². The number of hydrogen-bond acceptors (Lipinski definition) is 2. The Morgan fingerprint density at radius 3 is 1.96 bits per heavy atom. The molecule has 136 valence electrons. The van der Waals surface area contributed by atoms with E-state index in [0.717, 1.165) is 34.8 Å². The van der Waals surface area contributed by atoms with Crippen molar-refractivity contribution in [1.82, 2.24) is 9.78 Å². The standard InChI is InChI=1S/C25H21N3/c1-18-24(21-15-9-4-10-16-21)25-26-22(19-11-5-2-6-12-19)17-23(28(25)27-18)20-13-7-3-8-14-20/h2-16,23H,17H2,1H3/t23-/m0/s1. The highest BCUT2D eigenvalue weighted by Gasteiger charge is 2.29. The first kappa shape index (κ1) is 16.7. The first-order valence-electron chi connectivity index (χ1n) is 9.64. The Labute approximate surface area is 165 Å². The molecule has 28 heavy (non-hydrogen) atoms. The third-order valence-corrected chi connectivity index (χ3v) is 5.34. The van der Waals surface area contributed by atoms with Gasteiger partial charge in [-0.25, -0.2) is 9.67 Å². The highest BCUT2D eigenvalue weighted by atomic mass is 15.4. The van der Waals surface area contributed by atoms with Crippen molar-refractivity contribution in [2.75, 3.05) is 0 Å². The maximum atomic E-state index is 5.11. The number of rotatable bonds is 3. The van der Waals surface area contributed by atoms with Gasteiger partial charge in [0.15, 0.2) is 5.82 Å². The molecule has 0 N–H and O–H groups in total. The van der Waals surface area contributed by atoms with Gasteiger partial charge in [0.25, 0.3) is 0 Å². The zero-order valence-electron chi connectivity index (χ0n) is 15.8. The van der Waals surface area contributed by atoms with Gasteiger partial charge in [0.2, 0.25) is 0 Å². The predicted octanol–water partition coefficient (Wildman–Crippen LogP) is 5.97. The molecule has 5 rings (SSSR count). The maximum absolute atomic E-state index is 5.11. The number of benzene rings is 3. The molecule has 1 atom stereocenters. The first-order chi connectivity index (χ1) is 13.8. The number of hydrogen-bond donors (Lipinski definition) is 0. The van der Waals surface area contributed by atoms with Gasteiger partial charge in [-0.15, -0.1) is 0 Å². The van der Waals surface area contributed by atoms with Gasteiger partial charge in [0.05, 0.1) is 17.4 Å². The SMILES string of the molecule is Cc1nn2c(c1-c1ccccc1)N=C(c1ccccc1)C[C@H]2c1ccccc1. The molecule has 0 saturated carbocycles. The van der Waals surface area contributed by atoms with Crippen molar-refractivity contribution in [3.05, 3.63) is 108 Å². The second-order valence-corrected chi connectivity index (χ2v) is 7.15.